The third kappa shape index (κ3) is 4.93. The van der Waals surface area contributed by atoms with Gasteiger partial charge in [-0.25, -0.2) is 0 Å². The minimum absolute atomic E-state index is 0.0768. The van der Waals surface area contributed by atoms with Crippen LogP contribution in [0.15, 0.2) is 65.7 Å². The van der Waals surface area contributed by atoms with Crippen LogP contribution in [0.25, 0.3) is 17.0 Å². The van der Waals surface area contributed by atoms with E-state index in [9.17, 15) is 9.59 Å². The van der Waals surface area contributed by atoms with Gasteiger partial charge in [0.05, 0.1) is 18.1 Å². The molecule has 8 heteroatoms. The molecule has 2 amide bonds. The fourth-order valence-corrected chi connectivity index (χ4v) is 4.84. The van der Waals surface area contributed by atoms with Gasteiger partial charge >= 0.3 is 0 Å². The first-order chi connectivity index (χ1) is 15.6. The van der Waals surface area contributed by atoms with E-state index in [-0.39, 0.29) is 18.4 Å². The van der Waals surface area contributed by atoms with Crippen molar-refractivity contribution in [1.29, 1.82) is 0 Å². The standard InChI is InChI=1S/C24H23N3O3S2/c1-30-12-11-27-23(29)21(32-24(27)31)13-18-15-26(20-10-6-5-9-19(18)20)16-22(28)25-14-17-7-3-2-4-8-17/h2-10,13,15H,11-12,14,16H2,1H3,(H,25,28)/b21-13-. The summed E-state index contributed by atoms with van der Waals surface area (Å²) in [5, 5.41) is 3.94. The van der Waals surface area contributed by atoms with Gasteiger partial charge in [-0.15, -0.1) is 0 Å². The first-order valence-electron chi connectivity index (χ1n) is 10.2. The molecule has 2 heterocycles. The molecule has 1 aliphatic heterocycles. The summed E-state index contributed by atoms with van der Waals surface area (Å²) in [6.07, 6.45) is 3.77. The fraction of sp³-hybridized carbons (Fsp3) is 0.208. The molecule has 0 atom stereocenters. The van der Waals surface area contributed by atoms with Crippen LogP contribution in [0.2, 0.25) is 0 Å². The zero-order valence-corrected chi connectivity index (χ0v) is 19.2. The molecule has 1 fully saturated rings. The molecule has 1 aliphatic rings. The highest BCUT2D eigenvalue weighted by atomic mass is 32.2. The zero-order valence-electron chi connectivity index (χ0n) is 17.6. The number of thiocarbonyl (C=S) groups is 1. The molecule has 0 radical (unpaired) electrons. The van der Waals surface area contributed by atoms with Crippen LogP contribution >= 0.6 is 24.0 Å². The van der Waals surface area contributed by atoms with Crippen molar-refractivity contribution in [3.05, 3.63) is 76.8 Å². The number of carbonyl (C=O) groups is 2. The van der Waals surface area contributed by atoms with Crippen molar-refractivity contribution in [2.45, 2.75) is 13.1 Å². The number of methoxy groups -OCH3 is 1. The van der Waals surface area contributed by atoms with Gasteiger partial charge in [0.2, 0.25) is 5.91 Å². The van der Waals surface area contributed by atoms with Crippen LogP contribution < -0.4 is 5.32 Å². The molecule has 1 aromatic heterocycles. The lowest BCUT2D eigenvalue weighted by Crippen LogP contribution is -2.31. The van der Waals surface area contributed by atoms with Crippen LogP contribution in [0.3, 0.4) is 0 Å². The molecular formula is C24H23N3O3S2. The molecule has 164 valence electrons. The van der Waals surface area contributed by atoms with E-state index in [0.29, 0.717) is 28.9 Å². The van der Waals surface area contributed by atoms with Gasteiger partial charge in [0.1, 0.15) is 10.9 Å². The van der Waals surface area contributed by atoms with Gasteiger partial charge in [-0.2, -0.15) is 0 Å². The molecule has 0 saturated carbocycles. The molecule has 32 heavy (non-hydrogen) atoms. The second-order valence-electron chi connectivity index (χ2n) is 7.32. The average Bonchev–Trinajstić information content (AvgIpc) is 3.28. The molecule has 6 nitrogen and oxygen atoms in total. The number of carbonyl (C=O) groups excluding carboxylic acids is 2. The molecule has 0 spiro atoms. The fourth-order valence-electron chi connectivity index (χ4n) is 3.54. The summed E-state index contributed by atoms with van der Waals surface area (Å²) < 4.78 is 7.52. The number of hydrogen-bond donors (Lipinski definition) is 1. The number of nitrogens with one attached hydrogen (secondary N) is 1. The molecule has 1 saturated heterocycles. The molecule has 3 aromatic rings. The summed E-state index contributed by atoms with van der Waals surface area (Å²) in [7, 11) is 1.60. The Hall–Kier alpha value is -2.94. The van der Waals surface area contributed by atoms with Gasteiger partial charge < -0.3 is 14.6 Å². The second-order valence-corrected chi connectivity index (χ2v) is 8.99. The van der Waals surface area contributed by atoms with Crippen LogP contribution in [0.4, 0.5) is 0 Å². The lowest BCUT2D eigenvalue weighted by Gasteiger charge is -2.12. The first-order valence-corrected chi connectivity index (χ1v) is 11.4. The number of fused-ring (bicyclic) bond motifs is 1. The van der Waals surface area contributed by atoms with Gasteiger partial charge in [-0.05, 0) is 17.7 Å². The van der Waals surface area contributed by atoms with Gasteiger partial charge in [0.25, 0.3) is 5.91 Å². The summed E-state index contributed by atoms with van der Waals surface area (Å²) in [4.78, 5) is 27.5. The minimum atomic E-state index is -0.116. The predicted octanol–water partition coefficient (Wildman–Crippen LogP) is 3.81. The SMILES string of the molecule is COCCN1C(=O)/C(=C/c2cn(CC(=O)NCc3ccccc3)c3ccccc23)SC1=S. The van der Waals surface area contributed by atoms with Crippen LogP contribution in [0, 0.1) is 0 Å². The Bertz CT molecular complexity index is 1190. The van der Waals surface area contributed by atoms with Crippen molar-refractivity contribution in [2.75, 3.05) is 20.3 Å². The highest BCUT2D eigenvalue weighted by Gasteiger charge is 2.31. The smallest absolute Gasteiger partial charge is 0.266 e. The highest BCUT2D eigenvalue weighted by molar-refractivity contribution is 8.26. The number of rotatable bonds is 8. The van der Waals surface area contributed by atoms with E-state index in [1.54, 1.807) is 12.0 Å². The molecule has 0 aliphatic carbocycles. The summed E-state index contributed by atoms with van der Waals surface area (Å²) in [5.41, 5.74) is 2.86. The third-order valence-electron chi connectivity index (χ3n) is 5.15. The van der Waals surface area contributed by atoms with Gasteiger partial charge in [-0.3, -0.25) is 14.5 Å². The largest absolute Gasteiger partial charge is 0.383 e. The Kier molecular flexibility index (Phi) is 7.04. The summed E-state index contributed by atoms with van der Waals surface area (Å²) in [6.45, 7) is 1.53. The maximum Gasteiger partial charge on any atom is 0.266 e. The lowest BCUT2D eigenvalue weighted by molar-refractivity contribution is -0.123. The van der Waals surface area contributed by atoms with Crippen LogP contribution in [0.5, 0.6) is 0 Å². The summed E-state index contributed by atoms with van der Waals surface area (Å²) in [5.74, 6) is -0.193. The number of amides is 2. The van der Waals surface area contributed by atoms with E-state index in [0.717, 1.165) is 22.0 Å². The quantitative estimate of drug-likeness (QED) is 0.405. The molecular weight excluding hydrogens is 442 g/mol. The topological polar surface area (TPSA) is 63.6 Å². The normalized spacial score (nSPS) is 15.2. The molecule has 4 rings (SSSR count). The van der Waals surface area contributed by atoms with E-state index < -0.39 is 0 Å². The van der Waals surface area contributed by atoms with Gasteiger partial charge in [0, 0.05) is 36.3 Å². The van der Waals surface area contributed by atoms with Crippen molar-refractivity contribution >= 4 is 57.1 Å². The van der Waals surface area contributed by atoms with E-state index in [1.165, 1.54) is 11.8 Å². The Labute approximate surface area is 196 Å². The van der Waals surface area contributed by atoms with Crippen molar-refractivity contribution in [3.63, 3.8) is 0 Å². The maximum absolute atomic E-state index is 12.8. The lowest BCUT2D eigenvalue weighted by atomic mass is 10.1. The average molecular weight is 466 g/mol. The summed E-state index contributed by atoms with van der Waals surface area (Å²) in [6, 6.07) is 17.7. The van der Waals surface area contributed by atoms with Crippen molar-refractivity contribution in [2.24, 2.45) is 0 Å². The predicted molar refractivity (Wildman–Crippen MR) is 132 cm³/mol. The molecule has 0 unspecified atom stereocenters. The Morgan fingerprint density at radius 2 is 1.91 bits per heavy atom. The minimum Gasteiger partial charge on any atom is -0.383 e. The number of para-hydroxylation sites is 1. The zero-order chi connectivity index (χ0) is 22.5. The van der Waals surface area contributed by atoms with Crippen LogP contribution in [-0.2, 0) is 27.4 Å². The Balaban J connectivity index is 1.54. The van der Waals surface area contributed by atoms with E-state index in [4.69, 9.17) is 17.0 Å². The van der Waals surface area contributed by atoms with Gasteiger partial charge in [-0.1, -0.05) is 72.5 Å². The number of benzene rings is 2. The third-order valence-corrected chi connectivity index (χ3v) is 6.52. The Morgan fingerprint density at radius 1 is 1.16 bits per heavy atom. The van der Waals surface area contributed by atoms with Crippen LogP contribution in [0.1, 0.15) is 11.1 Å². The summed E-state index contributed by atoms with van der Waals surface area (Å²) >= 11 is 6.65. The highest BCUT2D eigenvalue weighted by Crippen LogP contribution is 2.34. The second kappa shape index (κ2) is 10.1. The Morgan fingerprint density at radius 3 is 2.69 bits per heavy atom. The first kappa shape index (κ1) is 22.3. The van der Waals surface area contributed by atoms with Crippen molar-refractivity contribution < 1.29 is 14.3 Å². The van der Waals surface area contributed by atoms with Crippen LogP contribution in [-0.4, -0.2) is 45.9 Å². The van der Waals surface area contributed by atoms with Gasteiger partial charge in [0.15, 0.2) is 0 Å². The van der Waals surface area contributed by atoms with Crippen molar-refractivity contribution in [1.82, 2.24) is 14.8 Å². The van der Waals surface area contributed by atoms with E-state index in [1.807, 2.05) is 71.4 Å². The monoisotopic (exact) mass is 465 g/mol. The van der Waals surface area contributed by atoms with E-state index in [2.05, 4.69) is 5.32 Å². The molecule has 0 bridgehead atoms. The molecule has 2 aromatic carbocycles. The number of ether oxygens (including phenoxy) is 1. The number of nitrogens with zero attached hydrogens (tertiary/aromatic N) is 2. The number of thioether (sulfide) groups is 1. The molecule has 1 N–H and O–H groups in total. The number of hydrogen-bond acceptors (Lipinski definition) is 5. The number of aromatic nitrogens is 1. The van der Waals surface area contributed by atoms with E-state index >= 15 is 0 Å². The van der Waals surface area contributed by atoms with Crippen molar-refractivity contribution in [3.8, 4) is 0 Å². The maximum atomic E-state index is 12.8.